The first-order valence-corrected chi connectivity index (χ1v) is 20.0. The lowest BCUT2D eigenvalue weighted by Crippen LogP contribution is -2.01. The Morgan fingerprint density at radius 3 is 1.47 bits per heavy atom. The third kappa shape index (κ3) is 4.75. The van der Waals surface area contributed by atoms with Crippen LogP contribution in [-0.4, -0.2) is 15.0 Å². The molecule has 272 valence electrons. The van der Waals surface area contributed by atoms with Gasteiger partial charge in [-0.05, 0) is 100 Å². The molecular formula is C55H31N3O. The van der Waals surface area contributed by atoms with Crippen LogP contribution in [0.25, 0.3) is 132 Å². The van der Waals surface area contributed by atoms with Gasteiger partial charge < -0.3 is 4.42 Å². The molecule has 2 heterocycles. The second-order valence-corrected chi connectivity index (χ2v) is 15.5. The summed E-state index contributed by atoms with van der Waals surface area (Å²) >= 11 is 0. The number of benzene rings is 10. The summed E-state index contributed by atoms with van der Waals surface area (Å²) in [6.07, 6.45) is 0. The van der Waals surface area contributed by atoms with Crippen LogP contribution in [0.1, 0.15) is 0 Å². The van der Waals surface area contributed by atoms with Crippen molar-refractivity contribution in [2.24, 2.45) is 0 Å². The number of aromatic nitrogens is 3. The molecule has 11 aromatic carbocycles. The Morgan fingerprint density at radius 1 is 0.271 bits per heavy atom. The van der Waals surface area contributed by atoms with E-state index in [2.05, 4.69) is 158 Å². The number of nitrogens with zero attached hydrogens (tertiary/aromatic N) is 3. The van der Waals surface area contributed by atoms with Crippen LogP contribution in [0.3, 0.4) is 0 Å². The Balaban J connectivity index is 1.17. The lowest BCUT2D eigenvalue weighted by molar-refractivity contribution is 0.669. The molecule has 0 atom stereocenters. The first-order valence-electron chi connectivity index (χ1n) is 20.0. The van der Waals surface area contributed by atoms with Crippen molar-refractivity contribution in [3.63, 3.8) is 0 Å². The van der Waals surface area contributed by atoms with Gasteiger partial charge in [-0.2, -0.15) is 0 Å². The van der Waals surface area contributed by atoms with Gasteiger partial charge in [0.25, 0.3) is 0 Å². The first kappa shape index (κ1) is 32.2. The summed E-state index contributed by atoms with van der Waals surface area (Å²) in [5.41, 5.74) is 6.54. The molecule has 0 bridgehead atoms. The zero-order chi connectivity index (χ0) is 38.6. The first-order chi connectivity index (χ1) is 29.2. The van der Waals surface area contributed by atoms with E-state index in [9.17, 15) is 0 Å². The number of fused-ring (bicyclic) bond motifs is 5. The molecule has 0 aliphatic rings. The van der Waals surface area contributed by atoms with Crippen LogP contribution >= 0.6 is 0 Å². The maximum atomic E-state index is 6.37. The Bertz CT molecular complexity index is 3840. The quantitative estimate of drug-likeness (QED) is 0.168. The second-order valence-electron chi connectivity index (χ2n) is 15.5. The molecule has 2 aromatic heterocycles. The Morgan fingerprint density at radius 2 is 0.763 bits per heavy atom. The van der Waals surface area contributed by atoms with Crippen molar-refractivity contribution in [2.45, 2.75) is 0 Å². The van der Waals surface area contributed by atoms with E-state index in [0.717, 1.165) is 55.1 Å². The van der Waals surface area contributed by atoms with Crippen molar-refractivity contribution in [1.29, 1.82) is 0 Å². The lowest BCUT2D eigenvalue weighted by atomic mass is 9.87. The van der Waals surface area contributed by atoms with E-state index in [1.165, 1.54) is 59.2 Å². The SMILES string of the molecule is c1ccc(-c2ccccc2-c2nc(-c3cc4ccc5cccc6c7cccc8ccc9cccc(c(c3)c4c56)c9c87)nc(-c3cccc4oc5ccccc5c34)n2)cc1. The summed E-state index contributed by atoms with van der Waals surface area (Å²) in [5, 5.41) is 16.7. The molecular weight excluding hydrogens is 719 g/mol. The summed E-state index contributed by atoms with van der Waals surface area (Å²) in [6.45, 7) is 0. The van der Waals surface area contributed by atoms with Crippen LogP contribution in [0.4, 0.5) is 0 Å². The maximum Gasteiger partial charge on any atom is 0.164 e. The average molecular weight is 750 g/mol. The maximum absolute atomic E-state index is 6.37. The molecule has 13 aromatic rings. The molecule has 0 spiro atoms. The summed E-state index contributed by atoms with van der Waals surface area (Å²) in [5.74, 6) is 1.81. The zero-order valence-electron chi connectivity index (χ0n) is 31.6. The van der Waals surface area contributed by atoms with Gasteiger partial charge in [0, 0.05) is 27.5 Å². The molecule has 0 radical (unpaired) electrons. The van der Waals surface area contributed by atoms with Gasteiger partial charge in [0.05, 0.1) is 0 Å². The van der Waals surface area contributed by atoms with E-state index in [1.807, 2.05) is 30.3 Å². The van der Waals surface area contributed by atoms with Gasteiger partial charge in [0.15, 0.2) is 17.5 Å². The van der Waals surface area contributed by atoms with Crippen LogP contribution < -0.4 is 0 Å². The van der Waals surface area contributed by atoms with Crippen molar-refractivity contribution >= 4 is 86.6 Å². The van der Waals surface area contributed by atoms with Gasteiger partial charge >= 0.3 is 0 Å². The summed E-state index contributed by atoms with van der Waals surface area (Å²) in [4.78, 5) is 16.1. The molecule has 0 saturated carbocycles. The fraction of sp³-hybridized carbons (Fsp3) is 0. The molecule has 0 aliphatic carbocycles. The van der Waals surface area contributed by atoms with Gasteiger partial charge in [0.1, 0.15) is 11.2 Å². The van der Waals surface area contributed by atoms with Crippen molar-refractivity contribution < 1.29 is 4.42 Å². The Labute approximate surface area is 338 Å². The number of para-hydroxylation sites is 1. The number of rotatable bonds is 4. The molecule has 0 N–H and O–H groups in total. The van der Waals surface area contributed by atoms with E-state index in [-0.39, 0.29) is 0 Å². The number of hydrogen-bond acceptors (Lipinski definition) is 4. The van der Waals surface area contributed by atoms with Crippen molar-refractivity contribution in [2.75, 3.05) is 0 Å². The number of furan rings is 1. The van der Waals surface area contributed by atoms with Crippen LogP contribution in [-0.2, 0) is 0 Å². The van der Waals surface area contributed by atoms with Crippen molar-refractivity contribution in [1.82, 2.24) is 15.0 Å². The van der Waals surface area contributed by atoms with Crippen LogP contribution in [0.5, 0.6) is 0 Å². The fourth-order valence-electron chi connectivity index (χ4n) is 9.67. The van der Waals surface area contributed by atoms with Gasteiger partial charge in [-0.3, -0.25) is 0 Å². The minimum Gasteiger partial charge on any atom is -0.456 e. The van der Waals surface area contributed by atoms with E-state index in [1.54, 1.807) is 0 Å². The van der Waals surface area contributed by atoms with Gasteiger partial charge in [0.2, 0.25) is 0 Å². The minimum atomic E-state index is 0.592. The van der Waals surface area contributed by atoms with E-state index in [4.69, 9.17) is 19.4 Å². The highest BCUT2D eigenvalue weighted by molar-refractivity contribution is 6.37. The van der Waals surface area contributed by atoms with Crippen LogP contribution in [0.15, 0.2) is 192 Å². The lowest BCUT2D eigenvalue weighted by Gasteiger charge is -2.17. The zero-order valence-corrected chi connectivity index (χ0v) is 31.6. The van der Waals surface area contributed by atoms with Crippen LogP contribution in [0, 0.1) is 0 Å². The molecule has 4 nitrogen and oxygen atoms in total. The predicted molar refractivity (Wildman–Crippen MR) is 245 cm³/mol. The van der Waals surface area contributed by atoms with Gasteiger partial charge in [-0.25, -0.2) is 15.0 Å². The highest BCUT2D eigenvalue weighted by atomic mass is 16.3. The summed E-state index contributed by atoms with van der Waals surface area (Å²) in [6, 6.07) is 66.9. The minimum absolute atomic E-state index is 0.592. The van der Waals surface area contributed by atoms with Gasteiger partial charge in [-0.15, -0.1) is 0 Å². The highest BCUT2D eigenvalue weighted by Crippen LogP contribution is 2.45. The van der Waals surface area contributed by atoms with E-state index >= 15 is 0 Å². The van der Waals surface area contributed by atoms with Crippen molar-refractivity contribution in [3.05, 3.63) is 188 Å². The Hall–Kier alpha value is -7.95. The topological polar surface area (TPSA) is 51.8 Å². The average Bonchev–Trinajstić information content (AvgIpc) is 3.69. The number of hydrogen-bond donors (Lipinski definition) is 0. The van der Waals surface area contributed by atoms with E-state index in [0.29, 0.717) is 17.5 Å². The molecule has 0 amide bonds. The predicted octanol–water partition coefficient (Wildman–Crippen LogP) is 14.8. The largest absolute Gasteiger partial charge is 0.456 e. The smallest absolute Gasteiger partial charge is 0.164 e. The molecule has 0 aliphatic heterocycles. The standard InChI is InChI=1S/C55H31N3O/c1-2-12-32(13-3-1)38-17-4-5-18-42(38)54-56-53(57-55(58-54)44-23-11-25-47-52(44)43-19-6-7-24-46(43)59-47)37-30-36-29-28-35-15-9-21-40-39-20-8-14-33-26-27-34-16-10-22-41(50(34)48(33)39)45(31-37)51(36)49(35)40/h1-31H. The third-order valence-electron chi connectivity index (χ3n) is 12.2. The fourth-order valence-corrected chi connectivity index (χ4v) is 9.67. The molecule has 59 heavy (non-hydrogen) atoms. The monoisotopic (exact) mass is 749 g/mol. The molecule has 0 saturated heterocycles. The van der Waals surface area contributed by atoms with Gasteiger partial charge in [-0.1, -0.05) is 164 Å². The summed E-state index contributed by atoms with van der Waals surface area (Å²) in [7, 11) is 0. The van der Waals surface area contributed by atoms with E-state index < -0.39 is 0 Å². The van der Waals surface area contributed by atoms with Crippen molar-refractivity contribution in [3.8, 4) is 45.3 Å². The summed E-state index contributed by atoms with van der Waals surface area (Å²) < 4.78 is 6.37. The normalized spacial score (nSPS) is 12.1. The molecule has 4 heteroatoms. The Kier molecular flexibility index (Phi) is 6.69. The second kappa shape index (κ2) is 12.3. The van der Waals surface area contributed by atoms with Crippen LogP contribution in [0.2, 0.25) is 0 Å². The highest BCUT2D eigenvalue weighted by Gasteiger charge is 2.21. The molecule has 0 unspecified atom stereocenters. The third-order valence-corrected chi connectivity index (χ3v) is 12.2. The molecule has 13 rings (SSSR count). The molecule has 0 fully saturated rings.